The molecule has 0 aliphatic heterocycles. The summed E-state index contributed by atoms with van der Waals surface area (Å²) in [5, 5.41) is 19.3. The number of hydrogen-bond acceptors (Lipinski definition) is 7. The van der Waals surface area contributed by atoms with Crippen LogP contribution in [0.5, 0.6) is 0 Å². The normalized spacial score (nSPS) is 13.7. The number of aliphatic hydroxyl groups is 1. The minimum atomic E-state index is -5.05. The molecule has 0 bridgehead atoms. The van der Waals surface area contributed by atoms with Crippen LogP contribution in [0.2, 0.25) is 0 Å². The number of halogens is 5. The number of aromatic nitrogens is 2. The molecule has 2 aromatic heterocycles. The second-order valence-corrected chi connectivity index (χ2v) is 7.40. The number of rotatable bonds is 6. The van der Waals surface area contributed by atoms with E-state index in [2.05, 4.69) is 15.5 Å². The van der Waals surface area contributed by atoms with Crippen molar-refractivity contribution < 1.29 is 35.9 Å². The van der Waals surface area contributed by atoms with Gasteiger partial charge in [-0.25, -0.2) is 13.6 Å². The van der Waals surface area contributed by atoms with E-state index >= 15 is 0 Å². The van der Waals surface area contributed by atoms with Crippen LogP contribution in [0.4, 0.5) is 28.0 Å². The monoisotopic (exact) mass is 481 g/mol. The van der Waals surface area contributed by atoms with E-state index in [9.17, 15) is 31.9 Å². The van der Waals surface area contributed by atoms with Crippen molar-refractivity contribution in [1.29, 1.82) is 0 Å². The van der Waals surface area contributed by atoms with Crippen LogP contribution >= 0.6 is 0 Å². The van der Waals surface area contributed by atoms with Crippen molar-refractivity contribution >= 4 is 17.0 Å². The number of benzene rings is 2. The molecule has 12 heteroatoms. The third-order valence-corrected chi connectivity index (χ3v) is 5.26. The fraction of sp³-hybridized carbons (Fsp3) is 0.227. The Morgan fingerprint density at radius 2 is 1.74 bits per heavy atom. The Labute approximate surface area is 187 Å². The molecular formula is C22H16F5N3O4. The first-order chi connectivity index (χ1) is 16.0. The van der Waals surface area contributed by atoms with Gasteiger partial charge in [0.25, 0.3) is 5.89 Å². The molecule has 7 nitrogen and oxygen atoms in total. The van der Waals surface area contributed by atoms with E-state index in [1.807, 2.05) is 0 Å². The predicted octanol–water partition coefficient (Wildman–Crippen LogP) is 4.89. The van der Waals surface area contributed by atoms with Crippen LogP contribution in [0.15, 0.2) is 56.1 Å². The number of nitrogens with one attached hydrogen (secondary N) is 1. The molecule has 0 fully saturated rings. The standard InChI is InChI=1S/C22H16F5N3O4/c1-2-21(32,22(25,26)27)19-29-30-20(34-19)28-10-12-7-17-15(8-16(12)24)14(9-18(31)33-17)11-3-5-13(23)6-4-11/h3-9,32H,2,10H2,1H3,(H,28,30)/t21-/m1/s1. The van der Waals surface area contributed by atoms with Gasteiger partial charge in [0.05, 0.1) is 0 Å². The summed E-state index contributed by atoms with van der Waals surface area (Å²) in [4.78, 5) is 12.0. The molecular weight excluding hydrogens is 465 g/mol. The summed E-state index contributed by atoms with van der Waals surface area (Å²) >= 11 is 0. The van der Waals surface area contributed by atoms with E-state index in [0.29, 0.717) is 11.1 Å². The van der Waals surface area contributed by atoms with E-state index in [-0.39, 0.29) is 23.1 Å². The molecule has 178 valence electrons. The lowest BCUT2D eigenvalue weighted by molar-refractivity contribution is -0.275. The summed E-state index contributed by atoms with van der Waals surface area (Å²) in [6, 6.07) is 8.29. The molecule has 0 amide bonds. The lowest BCUT2D eigenvalue weighted by atomic mass is 10.0. The van der Waals surface area contributed by atoms with Crippen molar-refractivity contribution in [3.05, 3.63) is 76.0 Å². The third kappa shape index (κ3) is 4.23. The van der Waals surface area contributed by atoms with Gasteiger partial charge >= 0.3 is 17.8 Å². The highest BCUT2D eigenvalue weighted by molar-refractivity contribution is 5.93. The lowest BCUT2D eigenvalue weighted by Crippen LogP contribution is -2.42. The summed E-state index contributed by atoms with van der Waals surface area (Å²) in [6.45, 7) is 0.785. The van der Waals surface area contributed by atoms with E-state index in [1.54, 1.807) is 0 Å². The van der Waals surface area contributed by atoms with Crippen molar-refractivity contribution in [3.63, 3.8) is 0 Å². The smallest absolute Gasteiger partial charge is 0.423 e. The van der Waals surface area contributed by atoms with Gasteiger partial charge in [-0.1, -0.05) is 24.2 Å². The molecule has 0 spiro atoms. The summed E-state index contributed by atoms with van der Waals surface area (Å²) in [6.07, 6.45) is -5.80. The van der Waals surface area contributed by atoms with Crippen LogP contribution in [0, 0.1) is 11.6 Å². The zero-order chi connectivity index (χ0) is 24.7. The molecule has 0 unspecified atom stereocenters. The lowest BCUT2D eigenvalue weighted by Gasteiger charge is -2.25. The molecule has 4 rings (SSSR count). The van der Waals surface area contributed by atoms with Crippen molar-refractivity contribution in [2.45, 2.75) is 31.7 Å². The molecule has 4 aromatic rings. The molecule has 34 heavy (non-hydrogen) atoms. The van der Waals surface area contributed by atoms with Crippen molar-refractivity contribution in [2.75, 3.05) is 5.32 Å². The molecule has 2 aromatic carbocycles. The molecule has 2 heterocycles. The second kappa shape index (κ2) is 8.52. The Morgan fingerprint density at radius 3 is 2.38 bits per heavy atom. The number of fused-ring (bicyclic) bond motifs is 1. The van der Waals surface area contributed by atoms with Gasteiger partial charge in [-0.15, -0.1) is 5.10 Å². The molecule has 0 radical (unpaired) electrons. The van der Waals surface area contributed by atoms with Gasteiger partial charge in [-0.05, 0) is 41.8 Å². The highest BCUT2D eigenvalue weighted by Crippen LogP contribution is 2.41. The number of anilines is 1. The zero-order valence-electron chi connectivity index (χ0n) is 17.4. The van der Waals surface area contributed by atoms with E-state index < -0.39 is 47.4 Å². The maximum atomic E-state index is 14.8. The molecule has 2 N–H and O–H groups in total. The van der Waals surface area contributed by atoms with Crippen molar-refractivity contribution in [1.82, 2.24) is 10.2 Å². The first-order valence-electron chi connectivity index (χ1n) is 9.91. The van der Waals surface area contributed by atoms with Crippen LogP contribution in [0.1, 0.15) is 24.8 Å². The fourth-order valence-corrected chi connectivity index (χ4v) is 3.33. The number of hydrogen-bond donors (Lipinski definition) is 2. The Hall–Kier alpha value is -3.80. The van der Waals surface area contributed by atoms with Gasteiger partial charge in [0.15, 0.2) is 0 Å². The minimum Gasteiger partial charge on any atom is -0.423 e. The summed E-state index contributed by atoms with van der Waals surface area (Å²) in [5.41, 5.74) is -3.23. The molecule has 0 saturated carbocycles. The largest absolute Gasteiger partial charge is 0.426 e. The topological polar surface area (TPSA) is 101 Å². The Balaban J connectivity index is 1.63. The van der Waals surface area contributed by atoms with Crippen LogP contribution in [0.25, 0.3) is 22.1 Å². The fourth-order valence-electron chi connectivity index (χ4n) is 3.33. The van der Waals surface area contributed by atoms with Gasteiger partial charge in [-0.3, -0.25) is 0 Å². The second-order valence-electron chi connectivity index (χ2n) is 7.40. The quantitative estimate of drug-likeness (QED) is 0.299. The first kappa shape index (κ1) is 23.4. The van der Waals surface area contributed by atoms with Crippen LogP contribution in [0.3, 0.4) is 0 Å². The summed E-state index contributed by atoms with van der Waals surface area (Å²) < 4.78 is 77.6. The average Bonchev–Trinajstić information content (AvgIpc) is 3.26. The SMILES string of the molecule is CC[C@@](O)(c1nnc(NCc2cc3oc(=O)cc(-c4ccc(F)cc4)c3cc2F)o1)C(F)(F)F. The average molecular weight is 481 g/mol. The van der Waals surface area contributed by atoms with E-state index in [1.165, 1.54) is 30.3 Å². The van der Waals surface area contributed by atoms with Gasteiger partial charge in [-0.2, -0.15) is 13.2 Å². The van der Waals surface area contributed by atoms with E-state index in [4.69, 9.17) is 8.83 Å². The number of nitrogens with zero attached hydrogens (tertiary/aromatic N) is 2. The maximum absolute atomic E-state index is 14.8. The highest BCUT2D eigenvalue weighted by Gasteiger charge is 2.57. The Kier molecular flexibility index (Phi) is 5.86. The Bertz CT molecular complexity index is 1400. The van der Waals surface area contributed by atoms with Crippen molar-refractivity contribution in [3.8, 4) is 11.1 Å². The Morgan fingerprint density at radius 1 is 1.03 bits per heavy atom. The van der Waals surface area contributed by atoms with Gasteiger partial charge < -0.3 is 19.3 Å². The molecule has 0 saturated heterocycles. The maximum Gasteiger partial charge on any atom is 0.426 e. The molecule has 0 aliphatic carbocycles. The number of alkyl halides is 3. The van der Waals surface area contributed by atoms with Crippen LogP contribution in [-0.2, 0) is 12.1 Å². The van der Waals surface area contributed by atoms with Gasteiger partial charge in [0.2, 0.25) is 5.60 Å². The summed E-state index contributed by atoms with van der Waals surface area (Å²) in [7, 11) is 0. The summed E-state index contributed by atoms with van der Waals surface area (Å²) in [5.74, 6) is -2.26. The van der Waals surface area contributed by atoms with Crippen molar-refractivity contribution in [2.24, 2.45) is 0 Å². The highest BCUT2D eigenvalue weighted by atomic mass is 19.4. The third-order valence-electron chi connectivity index (χ3n) is 5.26. The van der Waals surface area contributed by atoms with E-state index in [0.717, 1.165) is 19.1 Å². The van der Waals surface area contributed by atoms with Crippen LogP contribution in [-0.4, -0.2) is 21.5 Å². The first-order valence-corrected chi connectivity index (χ1v) is 9.91. The predicted molar refractivity (Wildman–Crippen MR) is 110 cm³/mol. The van der Waals surface area contributed by atoms with Gasteiger partial charge in [0, 0.05) is 23.6 Å². The minimum absolute atomic E-state index is 0.0202. The van der Waals surface area contributed by atoms with Crippen LogP contribution < -0.4 is 10.9 Å². The molecule has 0 aliphatic rings. The van der Waals surface area contributed by atoms with Gasteiger partial charge in [0.1, 0.15) is 17.2 Å². The zero-order valence-corrected chi connectivity index (χ0v) is 17.4. The molecule has 1 atom stereocenters.